The maximum atomic E-state index is 2.35. The quantitative estimate of drug-likeness (QED) is 0.174. The minimum Gasteiger partial charge on any atom is -0.310 e. The first-order valence-electron chi connectivity index (χ1n) is 16.4. The number of nitrogens with zero attached hydrogens (tertiary/aromatic N) is 1. The molecule has 0 aliphatic carbocycles. The van der Waals surface area contributed by atoms with Crippen molar-refractivity contribution >= 4 is 17.1 Å². The highest BCUT2D eigenvalue weighted by molar-refractivity contribution is 5.83. The van der Waals surface area contributed by atoms with E-state index < -0.39 is 0 Å². The highest BCUT2D eigenvalue weighted by Crippen LogP contribution is 2.39. The van der Waals surface area contributed by atoms with E-state index in [4.69, 9.17) is 0 Å². The lowest BCUT2D eigenvalue weighted by molar-refractivity contribution is 1.13. The Kier molecular flexibility index (Phi) is 10.1. The molecular weight excluding hydrogens is 567 g/mol. The summed E-state index contributed by atoms with van der Waals surface area (Å²) in [6, 6.07) is 64.9. The molecule has 7 rings (SSSR count). The van der Waals surface area contributed by atoms with Gasteiger partial charge in [-0.3, -0.25) is 0 Å². The standard InChI is InChI=1S/C37H29N.C9H12/c1-28-18-20-31(21-19-28)32-22-24-35(25-23-32)38(36-16-8-14-33(26-36)29-10-4-2-5-11-29)37-17-9-15-34(27-37)30-12-6-3-7-13-30;1-3-9-6-4-5-8(2)7-9/h2-27H,1H3;4-7H,3H2,1-2H3. The van der Waals surface area contributed by atoms with Crippen LogP contribution in [0.2, 0.25) is 0 Å². The Morgan fingerprint density at radius 1 is 0.340 bits per heavy atom. The molecule has 1 nitrogen and oxygen atoms in total. The van der Waals surface area contributed by atoms with Crippen LogP contribution in [-0.2, 0) is 6.42 Å². The second-order valence-electron chi connectivity index (χ2n) is 11.9. The van der Waals surface area contributed by atoms with E-state index in [1.165, 1.54) is 50.1 Å². The third kappa shape index (κ3) is 7.95. The lowest BCUT2D eigenvalue weighted by atomic mass is 10.0. The van der Waals surface area contributed by atoms with Crippen LogP contribution in [-0.4, -0.2) is 0 Å². The van der Waals surface area contributed by atoms with Gasteiger partial charge in [0, 0.05) is 17.1 Å². The summed E-state index contributed by atoms with van der Waals surface area (Å²) < 4.78 is 0. The molecule has 0 atom stereocenters. The first kappa shape index (κ1) is 31.3. The number of rotatable bonds is 7. The summed E-state index contributed by atoms with van der Waals surface area (Å²) in [4.78, 5) is 2.35. The summed E-state index contributed by atoms with van der Waals surface area (Å²) >= 11 is 0. The van der Waals surface area contributed by atoms with E-state index in [9.17, 15) is 0 Å². The maximum absolute atomic E-state index is 2.35. The summed E-state index contributed by atoms with van der Waals surface area (Å²) in [5.74, 6) is 0. The van der Waals surface area contributed by atoms with Crippen LogP contribution in [0.5, 0.6) is 0 Å². The van der Waals surface area contributed by atoms with E-state index in [1.54, 1.807) is 0 Å². The molecule has 0 aliphatic rings. The predicted octanol–water partition coefficient (Wildman–Crippen LogP) is 13.0. The Bertz CT molecular complexity index is 1920. The summed E-state index contributed by atoms with van der Waals surface area (Å²) in [6.07, 6.45) is 1.14. The topological polar surface area (TPSA) is 3.24 Å². The van der Waals surface area contributed by atoms with E-state index >= 15 is 0 Å². The van der Waals surface area contributed by atoms with Gasteiger partial charge in [-0.15, -0.1) is 0 Å². The fourth-order valence-electron chi connectivity index (χ4n) is 5.84. The van der Waals surface area contributed by atoms with Crippen molar-refractivity contribution in [2.24, 2.45) is 0 Å². The van der Waals surface area contributed by atoms with E-state index in [2.05, 4.69) is 208 Å². The molecule has 7 aromatic carbocycles. The van der Waals surface area contributed by atoms with Gasteiger partial charge in [0.2, 0.25) is 0 Å². The van der Waals surface area contributed by atoms with Crippen LogP contribution < -0.4 is 4.90 Å². The van der Waals surface area contributed by atoms with Gasteiger partial charge in [-0.25, -0.2) is 0 Å². The van der Waals surface area contributed by atoms with Crippen molar-refractivity contribution in [3.8, 4) is 33.4 Å². The van der Waals surface area contributed by atoms with Gasteiger partial charge in [0.15, 0.2) is 0 Å². The van der Waals surface area contributed by atoms with Gasteiger partial charge in [0.25, 0.3) is 0 Å². The van der Waals surface area contributed by atoms with Crippen LogP contribution in [0.3, 0.4) is 0 Å². The van der Waals surface area contributed by atoms with E-state index in [0.717, 1.165) is 23.5 Å². The predicted molar refractivity (Wildman–Crippen MR) is 203 cm³/mol. The van der Waals surface area contributed by atoms with Crippen LogP contribution in [0.4, 0.5) is 17.1 Å². The van der Waals surface area contributed by atoms with Crippen LogP contribution in [0.15, 0.2) is 182 Å². The number of hydrogen-bond donors (Lipinski definition) is 0. The van der Waals surface area contributed by atoms with Gasteiger partial charge in [-0.1, -0.05) is 164 Å². The number of anilines is 3. The zero-order valence-electron chi connectivity index (χ0n) is 27.5. The molecule has 0 N–H and O–H groups in total. The van der Waals surface area contributed by atoms with Gasteiger partial charge in [-0.2, -0.15) is 0 Å². The van der Waals surface area contributed by atoms with E-state index in [0.29, 0.717) is 0 Å². The van der Waals surface area contributed by atoms with Gasteiger partial charge >= 0.3 is 0 Å². The van der Waals surface area contributed by atoms with Crippen molar-refractivity contribution in [2.75, 3.05) is 4.90 Å². The van der Waals surface area contributed by atoms with Gasteiger partial charge in [0.05, 0.1) is 0 Å². The summed E-state index contributed by atoms with van der Waals surface area (Å²) in [5, 5.41) is 0. The maximum Gasteiger partial charge on any atom is 0.0467 e. The Hall–Kier alpha value is -5.66. The zero-order valence-corrected chi connectivity index (χ0v) is 27.5. The minimum absolute atomic E-state index is 1.12. The molecule has 0 aliphatic heterocycles. The highest BCUT2D eigenvalue weighted by atomic mass is 15.1. The van der Waals surface area contributed by atoms with E-state index in [-0.39, 0.29) is 0 Å². The minimum atomic E-state index is 1.12. The summed E-state index contributed by atoms with van der Waals surface area (Å²) in [6.45, 7) is 6.42. The van der Waals surface area contributed by atoms with Crippen molar-refractivity contribution in [1.82, 2.24) is 0 Å². The van der Waals surface area contributed by atoms with Crippen molar-refractivity contribution in [3.63, 3.8) is 0 Å². The van der Waals surface area contributed by atoms with Crippen molar-refractivity contribution in [3.05, 3.63) is 199 Å². The van der Waals surface area contributed by atoms with Crippen molar-refractivity contribution < 1.29 is 0 Å². The van der Waals surface area contributed by atoms with Crippen LogP contribution in [0.25, 0.3) is 33.4 Å². The third-order valence-corrected chi connectivity index (χ3v) is 8.42. The zero-order chi connectivity index (χ0) is 32.4. The first-order chi connectivity index (χ1) is 23.1. The Morgan fingerprint density at radius 2 is 0.787 bits per heavy atom. The lowest BCUT2D eigenvalue weighted by Crippen LogP contribution is -2.10. The molecule has 0 unspecified atom stereocenters. The summed E-state index contributed by atoms with van der Waals surface area (Å²) in [7, 11) is 0. The normalized spacial score (nSPS) is 10.5. The van der Waals surface area contributed by atoms with E-state index in [1.807, 2.05) is 0 Å². The molecule has 0 amide bonds. The number of aryl methyl sites for hydroxylation is 3. The lowest BCUT2D eigenvalue weighted by Gasteiger charge is -2.27. The largest absolute Gasteiger partial charge is 0.310 e. The average molecular weight is 608 g/mol. The number of hydrogen-bond acceptors (Lipinski definition) is 1. The molecule has 1 heteroatoms. The molecule has 0 aromatic heterocycles. The van der Waals surface area contributed by atoms with Crippen LogP contribution in [0.1, 0.15) is 23.6 Å². The fourth-order valence-corrected chi connectivity index (χ4v) is 5.84. The summed E-state index contributed by atoms with van der Waals surface area (Å²) in [5.41, 5.74) is 14.7. The van der Waals surface area contributed by atoms with Crippen molar-refractivity contribution in [2.45, 2.75) is 27.2 Å². The van der Waals surface area contributed by atoms with Crippen LogP contribution >= 0.6 is 0 Å². The SMILES string of the molecule is CCc1cccc(C)c1.Cc1ccc(-c2ccc(N(c3cccc(-c4ccccc4)c3)c3cccc(-c4ccccc4)c3)cc2)cc1. The molecular formula is C46H41N. The van der Waals surface area contributed by atoms with Crippen LogP contribution in [0, 0.1) is 13.8 Å². The fraction of sp³-hybridized carbons (Fsp3) is 0.0870. The molecule has 47 heavy (non-hydrogen) atoms. The Morgan fingerprint density at radius 3 is 1.26 bits per heavy atom. The molecule has 7 aromatic rings. The molecule has 0 spiro atoms. The van der Waals surface area contributed by atoms with Gasteiger partial charge in [-0.05, 0) is 95.6 Å². The smallest absolute Gasteiger partial charge is 0.0467 e. The molecule has 230 valence electrons. The number of benzene rings is 7. The van der Waals surface area contributed by atoms with Crippen molar-refractivity contribution in [1.29, 1.82) is 0 Å². The van der Waals surface area contributed by atoms with Gasteiger partial charge in [0.1, 0.15) is 0 Å². The third-order valence-electron chi connectivity index (χ3n) is 8.42. The molecule has 0 fully saturated rings. The Balaban J connectivity index is 0.000000373. The Labute approximate surface area is 280 Å². The molecule has 0 saturated heterocycles. The second kappa shape index (κ2) is 15.1. The first-order valence-corrected chi connectivity index (χ1v) is 16.4. The molecule has 0 bridgehead atoms. The highest BCUT2D eigenvalue weighted by Gasteiger charge is 2.15. The molecule has 0 radical (unpaired) electrons. The molecule has 0 heterocycles. The monoisotopic (exact) mass is 607 g/mol. The molecule has 0 saturated carbocycles. The average Bonchev–Trinajstić information content (AvgIpc) is 3.14. The van der Waals surface area contributed by atoms with Gasteiger partial charge < -0.3 is 4.90 Å². The second-order valence-corrected chi connectivity index (χ2v) is 11.9.